The van der Waals surface area contributed by atoms with E-state index < -0.39 is 15.9 Å². The number of nitrogens with one attached hydrogen (secondary N) is 1. The fraction of sp³-hybridized carbons (Fsp3) is 0.188. The fourth-order valence-corrected chi connectivity index (χ4v) is 2.93. The number of carbonyl (C=O) groups is 1. The maximum atomic E-state index is 12.2. The number of anilines is 2. The summed E-state index contributed by atoms with van der Waals surface area (Å²) in [4.78, 5) is 12.2. The first-order chi connectivity index (χ1) is 10.9. The maximum absolute atomic E-state index is 12.2. The van der Waals surface area contributed by atoms with Gasteiger partial charge < -0.3 is 10.1 Å². The fourth-order valence-electron chi connectivity index (χ4n) is 2.07. The lowest BCUT2D eigenvalue weighted by Gasteiger charge is -2.23. The van der Waals surface area contributed by atoms with Crippen molar-refractivity contribution in [3.8, 4) is 5.75 Å². The van der Waals surface area contributed by atoms with Crippen molar-refractivity contribution in [2.24, 2.45) is 0 Å². The van der Waals surface area contributed by atoms with Gasteiger partial charge >= 0.3 is 0 Å². The Hall–Kier alpha value is -2.54. The molecule has 1 N–H and O–H groups in total. The third-order valence-corrected chi connectivity index (χ3v) is 4.23. The quantitative estimate of drug-likeness (QED) is 0.878. The Morgan fingerprint density at radius 3 is 2.30 bits per heavy atom. The zero-order valence-electron chi connectivity index (χ0n) is 12.9. The van der Waals surface area contributed by atoms with Gasteiger partial charge in [-0.3, -0.25) is 9.10 Å². The summed E-state index contributed by atoms with van der Waals surface area (Å²) < 4.78 is 30.4. The van der Waals surface area contributed by atoms with E-state index in [1.807, 2.05) is 6.07 Å². The van der Waals surface area contributed by atoms with Crippen LogP contribution in [-0.2, 0) is 14.8 Å². The molecule has 0 unspecified atom stereocenters. The number of rotatable bonds is 6. The van der Waals surface area contributed by atoms with E-state index in [0.717, 1.165) is 10.6 Å². The van der Waals surface area contributed by atoms with Crippen molar-refractivity contribution in [3.63, 3.8) is 0 Å². The van der Waals surface area contributed by atoms with Crippen molar-refractivity contribution < 1.29 is 17.9 Å². The van der Waals surface area contributed by atoms with Crippen molar-refractivity contribution in [3.05, 3.63) is 54.6 Å². The highest BCUT2D eigenvalue weighted by Gasteiger charge is 2.23. The number of hydrogen-bond donors (Lipinski definition) is 1. The molecule has 0 saturated carbocycles. The van der Waals surface area contributed by atoms with E-state index in [4.69, 9.17) is 4.74 Å². The molecule has 0 heterocycles. The van der Waals surface area contributed by atoms with Crippen LogP contribution in [0.25, 0.3) is 0 Å². The molecule has 0 bridgehead atoms. The molecule has 0 aliphatic heterocycles. The van der Waals surface area contributed by atoms with Crippen molar-refractivity contribution in [2.45, 2.75) is 0 Å². The molecule has 0 fully saturated rings. The summed E-state index contributed by atoms with van der Waals surface area (Å²) in [7, 11) is -2.20. The number of carbonyl (C=O) groups excluding carboxylic acids is 1. The zero-order chi connectivity index (χ0) is 16.9. The normalized spacial score (nSPS) is 10.9. The molecule has 122 valence electrons. The predicted octanol–water partition coefficient (Wildman–Crippen LogP) is 2.10. The van der Waals surface area contributed by atoms with Crippen LogP contribution in [0.3, 0.4) is 0 Å². The van der Waals surface area contributed by atoms with Gasteiger partial charge in [0.05, 0.1) is 19.1 Å². The highest BCUT2D eigenvalue weighted by atomic mass is 32.2. The van der Waals surface area contributed by atoms with Crippen LogP contribution >= 0.6 is 0 Å². The summed E-state index contributed by atoms with van der Waals surface area (Å²) in [5.41, 5.74) is 0.923. The molecule has 2 rings (SSSR count). The van der Waals surface area contributed by atoms with Gasteiger partial charge in [0.1, 0.15) is 12.3 Å². The summed E-state index contributed by atoms with van der Waals surface area (Å²) >= 11 is 0. The minimum absolute atomic E-state index is 0.320. The second-order valence-corrected chi connectivity index (χ2v) is 6.76. The number of benzene rings is 2. The van der Waals surface area contributed by atoms with Gasteiger partial charge in [-0.1, -0.05) is 30.3 Å². The van der Waals surface area contributed by atoms with Gasteiger partial charge in [0.2, 0.25) is 15.9 Å². The van der Waals surface area contributed by atoms with Crippen LogP contribution in [0.2, 0.25) is 0 Å². The smallest absolute Gasteiger partial charge is 0.245 e. The number of nitrogens with zero attached hydrogens (tertiary/aromatic N) is 1. The van der Waals surface area contributed by atoms with Gasteiger partial charge in [0.15, 0.2) is 0 Å². The molecule has 1 amide bonds. The van der Waals surface area contributed by atoms with Crippen LogP contribution in [0, 0.1) is 0 Å². The molecule has 0 spiro atoms. The van der Waals surface area contributed by atoms with Crippen LogP contribution in [0.1, 0.15) is 0 Å². The van der Waals surface area contributed by atoms with Gasteiger partial charge in [0, 0.05) is 5.69 Å². The summed E-state index contributed by atoms with van der Waals surface area (Å²) in [6.07, 6.45) is 1.05. The Labute approximate surface area is 135 Å². The molecule has 7 heteroatoms. The lowest BCUT2D eigenvalue weighted by molar-refractivity contribution is -0.114. The molecular weight excluding hydrogens is 316 g/mol. The monoisotopic (exact) mass is 334 g/mol. The lowest BCUT2D eigenvalue weighted by Crippen LogP contribution is -2.37. The molecule has 23 heavy (non-hydrogen) atoms. The predicted molar refractivity (Wildman–Crippen MR) is 90.3 cm³/mol. The van der Waals surface area contributed by atoms with E-state index >= 15 is 0 Å². The number of sulfonamides is 1. The van der Waals surface area contributed by atoms with E-state index in [-0.39, 0.29) is 6.54 Å². The number of ether oxygens (including phenoxy) is 1. The molecule has 0 aliphatic rings. The minimum Gasteiger partial charge on any atom is -0.495 e. The van der Waals surface area contributed by atoms with E-state index in [1.165, 1.54) is 7.11 Å². The molecule has 6 nitrogen and oxygen atoms in total. The first kappa shape index (κ1) is 16.8. The van der Waals surface area contributed by atoms with Crippen LogP contribution in [0.4, 0.5) is 11.4 Å². The lowest BCUT2D eigenvalue weighted by atomic mass is 10.3. The number of para-hydroxylation sites is 3. The summed E-state index contributed by atoms with van der Waals surface area (Å²) in [6, 6.07) is 15.5. The van der Waals surface area contributed by atoms with Gasteiger partial charge in [-0.25, -0.2) is 8.42 Å². The molecule has 0 radical (unpaired) electrons. The van der Waals surface area contributed by atoms with Gasteiger partial charge in [-0.2, -0.15) is 0 Å². The molecular formula is C16H18N2O4S. The van der Waals surface area contributed by atoms with Crippen LogP contribution in [0.5, 0.6) is 5.75 Å². The van der Waals surface area contributed by atoms with Crippen LogP contribution < -0.4 is 14.4 Å². The summed E-state index contributed by atoms with van der Waals surface area (Å²) in [5, 5.41) is 2.67. The highest BCUT2D eigenvalue weighted by Crippen LogP contribution is 2.29. The van der Waals surface area contributed by atoms with Gasteiger partial charge in [-0.05, 0) is 24.3 Å². The van der Waals surface area contributed by atoms with E-state index in [9.17, 15) is 13.2 Å². The largest absolute Gasteiger partial charge is 0.495 e. The van der Waals surface area contributed by atoms with Crippen LogP contribution in [0.15, 0.2) is 54.6 Å². The van der Waals surface area contributed by atoms with Crippen molar-refractivity contribution in [2.75, 3.05) is 29.5 Å². The first-order valence-corrected chi connectivity index (χ1v) is 8.72. The second kappa shape index (κ2) is 7.15. The average molecular weight is 334 g/mol. The SMILES string of the molecule is COc1ccccc1N(CC(=O)Nc1ccccc1)S(C)(=O)=O. The van der Waals surface area contributed by atoms with Crippen LogP contribution in [-0.4, -0.2) is 34.2 Å². The standard InChI is InChI=1S/C16H18N2O4S/c1-22-15-11-7-6-10-14(15)18(23(2,20)21)12-16(19)17-13-8-4-3-5-9-13/h3-11H,12H2,1-2H3,(H,17,19). The Morgan fingerprint density at radius 1 is 1.09 bits per heavy atom. The molecule has 2 aromatic rings. The third kappa shape index (κ3) is 4.46. The molecule has 0 aromatic heterocycles. The highest BCUT2D eigenvalue weighted by molar-refractivity contribution is 7.92. The Balaban J connectivity index is 2.25. The molecule has 0 saturated heterocycles. The van der Waals surface area contributed by atoms with E-state index in [1.54, 1.807) is 48.5 Å². The number of methoxy groups -OCH3 is 1. The summed E-state index contributed by atoms with van der Waals surface area (Å²) in [5.74, 6) is -0.0574. The third-order valence-electron chi connectivity index (χ3n) is 3.10. The Morgan fingerprint density at radius 2 is 1.70 bits per heavy atom. The minimum atomic E-state index is -3.65. The number of amides is 1. The zero-order valence-corrected chi connectivity index (χ0v) is 13.7. The van der Waals surface area contributed by atoms with Crippen molar-refractivity contribution in [1.29, 1.82) is 0 Å². The van der Waals surface area contributed by atoms with Gasteiger partial charge in [0.25, 0.3) is 0 Å². The Kier molecular flexibility index (Phi) is 5.23. The van der Waals surface area contributed by atoms with E-state index in [0.29, 0.717) is 17.1 Å². The summed E-state index contributed by atoms with van der Waals surface area (Å²) in [6.45, 7) is -0.339. The van der Waals surface area contributed by atoms with E-state index in [2.05, 4.69) is 5.32 Å². The van der Waals surface area contributed by atoms with Gasteiger partial charge in [-0.15, -0.1) is 0 Å². The first-order valence-electron chi connectivity index (χ1n) is 6.87. The topological polar surface area (TPSA) is 75.7 Å². The second-order valence-electron chi connectivity index (χ2n) is 4.86. The average Bonchev–Trinajstić information content (AvgIpc) is 2.52. The number of hydrogen-bond acceptors (Lipinski definition) is 4. The molecule has 0 aliphatic carbocycles. The van der Waals surface area contributed by atoms with Crippen molar-refractivity contribution >= 4 is 27.3 Å². The Bertz CT molecular complexity index is 776. The molecule has 0 atom stereocenters. The van der Waals surface area contributed by atoms with Crippen molar-refractivity contribution in [1.82, 2.24) is 0 Å². The maximum Gasteiger partial charge on any atom is 0.245 e. The molecule has 2 aromatic carbocycles.